The van der Waals surface area contributed by atoms with Gasteiger partial charge in [0.2, 0.25) is 5.91 Å². The van der Waals surface area contributed by atoms with Gasteiger partial charge in [0.15, 0.2) is 0 Å². The molecule has 148 valence electrons. The highest BCUT2D eigenvalue weighted by Crippen LogP contribution is 2.33. The molecule has 2 heterocycles. The molecule has 0 unspecified atom stereocenters. The predicted molar refractivity (Wildman–Crippen MR) is 108 cm³/mol. The Morgan fingerprint density at radius 1 is 1.37 bits per heavy atom. The maximum Gasteiger partial charge on any atom is 0.315 e. The zero-order valence-electron chi connectivity index (χ0n) is 15.7. The second-order valence-corrected chi connectivity index (χ2v) is 8.78. The monoisotopic (exact) mass is 411 g/mol. The van der Waals surface area contributed by atoms with E-state index < -0.39 is 0 Å². The van der Waals surface area contributed by atoms with E-state index in [0.29, 0.717) is 23.2 Å². The molecule has 2 N–H and O–H groups in total. The molecule has 3 amide bonds. The summed E-state index contributed by atoms with van der Waals surface area (Å²) in [5, 5.41) is 7.04. The van der Waals surface area contributed by atoms with Gasteiger partial charge in [0.25, 0.3) is 0 Å². The first-order valence-corrected chi connectivity index (χ1v) is 10.7. The third-order valence-electron chi connectivity index (χ3n) is 5.14. The molecule has 8 heteroatoms. The summed E-state index contributed by atoms with van der Waals surface area (Å²) in [5.41, 5.74) is 0.902. The lowest BCUT2D eigenvalue weighted by Gasteiger charge is -2.20. The molecule has 0 spiro atoms. The van der Waals surface area contributed by atoms with Crippen LogP contribution in [0.1, 0.15) is 31.2 Å². The fourth-order valence-corrected chi connectivity index (χ4v) is 5.41. The summed E-state index contributed by atoms with van der Waals surface area (Å²) in [7, 11) is 3.42. The van der Waals surface area contributed by atoms with E-state index in [9.17, 15) is 9.59 Å². The van der Waals surface area contributed by atoms with Gasteiger partial charge in [-0.2, -0.15) is 11.8 Å². The van der Waals surface area contributed by atoms with Crippen molar-refractivity contribution in [3.63, 3.8) is 0 Å². The lowest BCUT2D eigenvalue weighted by atomic mass is 10.0. The summed E-state index contributed by atoms with van der Waals surface area (Å²) in [4.78, 5) is 25.6. The zero-order chi connectivity index (χ0) is 19.4. The quantitative estimate of drug-likeness (QED) is 0.509. The number of ether oxygens (including phenoxy) is 1. The average molecular weight is 412 g/mol. The molecule has 1 aromatic carbocycles. The minimum atomic E-state index is -0.0523. The Morgan fingerprint density at radius 2 is 2.19 bits per heavy atom. The maximum absolute atomic E-state index is 12.4. The van der Waals surface area contributed by atoms with E-state index in [2.05, 4.69) is 10.6 Å². The molecular formula is C19H26ClN3O3S. The Labute approximate surface area is 169 Å². The van der Waals surface area contributed by atoms with E-state index in [0.717, 1.165) is 36.3 Å². The van der Waals surface area contributed by atoms with Crippen LogP contribution < -0.4 is 15.4 Å². The molecule has 0 bridgehead atoms. The van der Waals surface area contributed by atoms with Crippen LogP contribution in [0.3, 0.4) is 0 Å². The number of nitrogens with zero attached hydrogens (tertiary/aromatic N) is 1. The van der Waals surface area contributed by atoms with Crippen LogP contribution in [-0.4, -0.2) is 54.1 Å². The molecular weight excluding hydrogens is 386 g/mol. The van der Waals surface area contributed by atoms with Gasteiger partial charge in [-0.1, -0.05) is 18.0 Å². The number of methoxy groups -OCH3 is 1. The first-order chi connectivity index (χ1) is 13.0. The summed E-state index contributed by atoms with van der Waals surface area (Å²) in [5.74, 6) is 1.82. The largest absolute Gasteiger partial charge is 0.496 e. The van der Waals surface area contributed by atoms with Crippen molar-refractivity contribution in [2.24, 2.45) is 0 Å². The number of thioether (sulfide) groups is 1. The fourth-order valence-electron chi connectivity index (χ4n) is 3.67. The van der Waals surface area contributed by atoms with E-state index in [1.165, 1.54) is 0 Å². The van der Waals surface area contributed by atoms with Crippen LogP contribution in [0.2, 0.25) is 5.02 Å². The molecule has 0 radical (unpaired) electrons. The van der Waals surface area contributed by atoms with Crippen LogP contribution >= 0.6 is 23.4 Å². The molecule has 2 saturated heterocycles. The van der Waals surface area contributed by atoms with E-state index in [1.807, 2.05) is 23.9 Å². The van der Waals surface area contributed by atoms with Gasteiger partial charge in [0.05, 0.1) is 19.2 Å². The second kappa shape index (κ2) is 9.06. The first-order valence-electron chi connectivity index (χ1n) is 9.23. The Bertz CT molecular complexity index is 703. The van der Waals surface area contributed by atoms with Crippen LogP contribution in [0.25, 0.3) is 0 Å². The van der Waals surface area contributed by atoms with Gasteiger partial charge < -0.3 is 20.3 Å². The van der Waals surface area contributed by atoms with Crippen molar-refractivity contribution in [2.75, 3.05) is 19.9 Å². The van der Waals surface area contributed by atoms with Crippen molar-refractivity contribution >= 4 is 35.3 Å². The molecule has 0 aliphatic carbocycles. The minimum absolute atomic E-state index is 0.0523. The SMILES string of the molecule is COc1ccc(Cl)cc1CN(C)C(=O)CCCC[C@@H]1SC[C@@H]2NC(=O)N[C@@H]21. The van der Waals surface area contributed by atoms with Gasteiger partial charge in [-0.05, 0) is 31.0 Å². The summed E-state index contributed by atoms with van der Waals surface area (Å²) < 4.78 is 5.34. The highest BCUT2D eigenvalue weighted by molar-refractivity contribution is 8.00. The summed E-state index contributed by atoms with van der Waals surface area (Å²) >= 11 is 7.97. The second-order valence-electron chi connectivity index (χ2n) is 7.07. The third kappa shape index (κ3) is 5.02. The molecule has 3 atom stereocenters. The van der Waals surface area contributed by atoms with Gasteiger partial charge in [-0.3, -0.25) is 4.79 Å². The fraction of sp³-hybridized carbons (Fsp3) is 0.579. The van der Waals surface area contributed by atoms with Gasteiger partial charge in [0.1, 0.15) is 5.75 Å². The smallest absolute Gasteiger partial charge is 0.315 e. The molecule has 1 aromatic rings. The van der Waals surface area contributed by atoms with Crippen LogP contribution in [0.4, 0.5) is 4.79 Å². The third-order valence-corrected chi connectivity index (χ3v) is 6.89. The number of unbranched alkanes of at least 4 members (excludes halogenated alkanes) is 1. The number of amides is 3. The lowest BCUT2D eigenvalue weighted by Crippen LogP contribution is -2.36. The summed E-state index contributed by atoms with van der Waals surface area (Å²) in [6.45, 7) is 0.475. The Morgan fingerprint density at radius 3 is 2.96 bits per heavy atom. The molecule has 2 fully saturated rings. The normalized spacial score (nSPS) is 23.5. The van der Waals surface area contributed by atoms with Crippen molar-refractivity contribution < 1.29 is 14.3 Å². The van der Waals surface area contributed by atoms with Crippen molar-refractivity contribution in [3.8, 4) is 5.75 Å². The highest BCUT2D eigenvalue weighted by atomic mass is 35.5. The van der Waals surface area contributed by atoms with E-state index >= 15 is 0 Å². The average Bonchev–Trinajstić information content (AvgIpc) is 3.18. The van der Waals surface area contributed by atoms with E-state index in [1.54, 1.807) is 25.1 Å². The standard InChI is InChI=1S/C19H26ClN3O3S/c1-23(10-12-9-13(20)7-8-15(12)26-2)17(24)6-4-3-5-16-18-14(11-27-16)21-19(25)22-18/h7-9,14,16,18H,3-6,10-11H2,1-2H3,(H2,21,22,25)/t14-,16-,18-/m0/s1. The number of carbonyl (C=O) groups is 2. The molecule has 6 nitrogen and oxygen atoms in total. The number of hydrogen-bond acceptors (Lipinski definition) is 4. The molecule has 0 aromatic heterocycles. The molecule has 2 aliphatic rings. The van der Waals surface area contributed by atoms with E-state index in [4.69, 9.17) is 16.3 Å². The number of rotatable bonds is 8. The molecule has 2 aliphatic heterocycles. The Hall–Kier alpha value is -1.60. The zero-order valence-corrected chi connectivity index (χ0v) is 17.2. The van der Waals surface area contributed by atoms with Gasteiger partial charge in [0, 0.05) is 41.6 Å². The molecule has 0 saturated carbocycles. The summed E-state index contributed by atoms with van der Waals surface area (Å²) in [6, 6.07) is 5.87. The maximum atomic E-state index is 12.4. The Kier molecular flexibility index (Phi) is 6.76. The van der Waals surface area contributed by atoms with Crippen molar-refractivity contribution in [3.05, 3.63) is 28.8 Å². The number of carbonyl (C=O) groups excluding carboxylic acids is 2. The number of nitrogens with one attached hydrogen (secondary N) is 2. The summed E-state index contributed by atoms with van der Waals surface area (Å²) in [6.07, 6.45) is 3.38. The molecule has 3 rings (SSSR count). The number of hydrogen-bond donors (Lipinski definition) is 2. The van der Waals surface area contributed by atoms with Gasteiger partial charge in [-0.15, -0.1) is 0 Å². The van der Waals surface area contributed by atoms with Crippen LogP contribution in [0.5, 0.6) is 5.75 Å². The number of halogens is 1. The highest BCUT2D eigenvalue weighted by Gasteiger charge is 2.42. The number of fused-ring (bicyclic) bond motifs is 1. The van der Waals surface area contributed by atoms with Crippen LogP contribution in [0.15, 0.2) is 18.2 Å². The number of benzene rings is 1. The van der Waals surface area contributed by atoms with Crippen LogP contribution in [0, 0.1) is 0 Å². The topological polar surface area (TPSA) is 70.7 Å². The molecule has 27 heavy (non-hydrogen) atoms. The van der Waals surface area contributed by atoms with Gasteiger partial charge in [-0.25, -0.2) is 4.79 Å². The minimum Gasteiger partial charge on any atom is -0.496 e. The van der Waals surface area contributed by atoms with Crippen LogP contribution in [-0.2, 0) is 11.3 Å². The van der Waals surface area contributed by atoms with Crippen molar-refractivity contribution in [1.82, 2.24) is 15.5 Å². The first kappa shape index (κ1) is 20.1. The van der Waals surface area contributed by atoms with Gasteiger partial charge >= 0.3 is 6.03 Å². The van der Waals surface area contributed by atoms with Crippen molar-refractivity contribution in [1.29, 1.82) is 0 Å². The Balaban J connectivity index is 1.40. The van der Waals surface area contributed by atoms with Crippen molar-refractivity contribution in [2.45, 2.75) is 49.6 Å². The van der Waals surface area contributed by atoms with E-state index in [-0.39, 0.29) is 24.0 Å². The lowest BCUT2D eigenvalue weighted by molar-refractivity contribution is -0.130. The predicted octanol–water partition coefficient (Wildman–Crippen LogP) is 3.03. The number of urea groups is 1.